The second-order valence-electron chi connectivity index (χ2n) is 8.24. The minimum atomic E-state index is -0.333. The van der Waals surface area contributed by atoms with E-state index in [1.165, 1.54) is 10.1 Å². The van der Waals surface area contributed by atoms with Crippen molar-refractivity contribution in [2.75, 3.05) is 18.9 Å². The number of pyridine rings is 1. The van der Waals surface area contributed by atoms with Crippen molar-refractivity contribution in [1.29, 1.82) is 0 Å². The van der Waals surface area contributed by atoms with Crippen LogP contribution in [0.4, 0.5) is 5.82 Å². The highest BCUT2D eigenvalue weighted by Crippen LogP contribution is 2.21. The molecule has 0 aliphatic carbocycles. The molecule has 4 N–H and O–H groups in total. The number of fused-ring (bicyclic) bond motifs is 1. The largest absolute Gasteiger partial charge is 0.463 e. The van der Waals surface area contributed by atoms with E-state index < -0.39 is 0 Å². The predicted octanol–water partition coefficient (Wildman–Crippen LogP) is 3.62. The quantitative estimate of drug-likeness (QED) is 0.264. The second kappa shape index (κ2) is 11.5. The lowest BCUT2D eigenvalue weighted by molar-refractivity contribution is 0.286. The van der Waals surface area contributed by atoms with Crippen LogP contribution in [0, 0.1) is 0 Å². The summed E-state index contributed by atoms with van der Waals surface area (Å²) in [7, 11) is 0. The van der Waals surface area contributed by atoms with Gasteiger partial charge in [-0.2, -0.15) is 9.97 Å². The Morgan fingerprint density at radius 2 is 1.86 bits per heavy atom. The number of rotatable bonds is 12. The minimum Gasteiger partial charge on any atom is -0.463 e. The van der Waals surface area contributed by atoms with E-state index in [1.54, 1.807) is 12.3 Å². The van der Waals surface area contributed by atoms with Crippen LogP contribution in [0.25, 0.3) is 11.2 Å². The third-order valence-corrected chi connectivity index (χ3v) is 5.40. The van der Waals surface area contributed by atoms with Gasteiger partial charge in [0.15, 0.2) is 11.5 Å². The number of nitrogens with zero attached hydrogens (tertiary/aromatic N) is 4. The molecule has 0 unspecified atom stereocenters. The molecule has 4 rings (SSSR count). The number of aromatic nitrogens is 5. The van der Waals surface area contributed by atoms with Crippen LogP contribution in [-0.2, 0) is 13.1 Å². The van der Waals surface area contributed by atoms with Crippen molar-refractivity contribution in [3.8, 4) is 17.6 Å². The van der Waals surface area contributed by atoms with E-state index in [2.05, 4.69) is 39.1 Å². The highest BCUT2D eigenvalue weighted by Gasteiger charge is 2.15. The average Bonchev–Trinajstić information content (AvgIpc) is 3.17. The molecule has 35 heavy (non-hydrogen) atoms. The van der Waals surface area contributed by atoms with Gasteiger partial charge in [-0.1, -0.05) is 38.5 Å². The van der Waals surface area contributed by atoms with Crippen molar-refractivity contribution in [1.82, 2.24) is 29.8 Å². The van der Waals surface area contributed by atoms with Gasteiger partial charge in [-0.25, -0.2) is 9.78 Å². The molecule has 0 saturated heterocycles. The number of hydrogen-bond donors (Lipinski definition) is 3. The zero-order valence-electron chi connectivity index (χ0n) is 20.1. The van der Waals surface area contributed by atoms with Gasteiger partial charge in [0.05, 0.1) is 13.2 Å². The average molecular weight is 478 g/mol. The van der Waals surface area contributed by atoms with Crippen molar-refractivity contribution < 1.29 is 9.47 Å². The lowest BCUT2D eigenvalue weighted by Crippen LogP contribution is -2.18. The number of benzene rings is 1. The van der Waals surface area contributed by atoms with Gasteiger partial charge >= 0.3 is 11.7 Å². The summed E-state index contributed by atoms with van der Waals surface area (Å²) in [6, 6.07) is 11.7. The molecule has 10 heteroatoms. The Labute approximate surface area is 203 Å². The van der Waals surface area contributed by atoms with Gasteiger partial charge in [-0.15, -0.1) is 0 Å². The number of aromatic amines is 1. The zero-order chi connectivity index (χ0) is 24.6. The molecule has 3 heterocycles. The van der Waals surface area contributed by atoms with Gasteiger partial charge < -0.3 is 25.5 Å². The summed E-state index contributed by atoms with van der Waals surface area (Å²) in [6.07, 6.45) is 4.64. The standard InChI is InChI=1S/C25H31N7O3/c1-3-5-13-34-24-30-22(26)21-23(31-24)32(25(33)29-21)16-18-8-11-20(28-15-18)35-19-9-6-17(7-10-19)14-27-12-4-2/h6-11,15,27H,3-5,12-14,16H2,1-2H3,(H,29,33)(H2,26,30,31). The Morgan fingerprint density at radius 3 is 2.57 bits per heavy atom. The monoisotopic (exact) mass is 477 g/mol. The second-order valence-corrected chi connectivity index (χ2v) is 8.24. The third kappa shape index (κ3) is 6.15. The van der Waals surface area contributed by atoms with Gasteiger partial charge in [0.1, 0.15) is 11.3 Å². The highest BCUT2D eigenvalue weighted by molar-refractivity contribution is 5.81. The fourth-order valence-corrected chi connectivity index (χ4v) is 3.50. The number of unbranched alkanes of at least 4 members (excludes halogenated alkanes) is 1. The molecule has 0 aliphatic rings. The Balaban J connectivity index is 1.45. The first kappa shape index (κ1) is 24.2. The van der Waals surface area contributed by atoms with Crippen LogP contribution >= 0.6 is 0 Å². The molecule has 1 aromatic carbocycles. The van der Waals surface area contributed by atoms with Crippen molar-refractivity contribution in [3.63, 3.8) is 0 Å². The van der Waals surface area contributed by atoms with Crippen molar-refractivity contribution in [3.05, 3.63) is 64.2 Å². The molecular formula is C25H31N7O3. The molecule has 0 fully saturated rings. The first-order valence-electron chi connectivity index (χ1n) is 11.9. The number of ether oxygens (including phenoxy) is 2. The normalized spacial score (nSPS) is 11.1. The van der Waals surface area contributed by atoms with Crippen LogP contribution in [0.5, 0.6) is 17.6 Å². The Bertz CT molecular complexity index is 1300. The van der Waals surface area contributed by atoms with E-state index in [9.17, 15) is 4.79 Å². The zero-order valence-corrected chi connectivity index (χ0v) is 20.1. The van der Waals surface area contributed by atoms with Gasteiger partial charge in [-0.05, 0) is 42.6 Å². The molecular weight excluding hydrogens is 446 g/mol. The van der Waals surface area contributed by atoms with E-state index in [0.717, 1.165) is 37.9 Å². The Hall–Kier alpha value is -3.92. The minimum absolute atomic E-state index is 0.158. The van der Waals surface area contributed by atoms with Crippen molar-refractivity contribution in [2.24, 2.45) is 0 Å². The number of nitrogen functional groups attached to an aromatic ring is 1. The summed E-state index contributed by atoms with van der Waals surface area (Å²) in [5, 5.41) is 3.38. The van der Waals surface area contributed by atoms with Gasteiger partial charge in [0.25, 0.3) is 0 Å². The smallest absolute Gasteiger partial charge is 0.328 e. The molecule has 0 atom stereocenters. The fourth-order valence-electron chi connectivity index (χ4n) is 3.50. The summed E-state index contributed by atoms with van der Waals surface area (Å²) < 4.78 is 12.9. The molecule has 0 spiro atoms. The van der Waals surface area contributed by atoms with Gasteiger partial charge in [0, 0.05) is 18.8 Å². The lowest BCUT2D eigenvalue weighted by atomic mass is 10.2. The van der Waals surface area contributed by atoms with Gasteiger partial charge in [-0.3, -0.25) is 4.57 Å². The molecule has 0 bridgehead atoms. The summed E-state index contributed by atoms with van der Waals surface area (Å²) in [6.45, 7) is 6.78. The number of nitrogens with one attached hydrogen (secondary N) is 2. The molecule has 0 saturated carbocycles. The maximum Gasteiger partial charge on any atom is 0.328 e. The highest BCUT2D eigenvalue weighted by atomic mass is 16.5. The fraction of sp³-hybridized carbons (Fsp3) is 0.360. The number of imidazole rings is 1. The summed E-state index contributed by atoms with van der Waals surface area (Å²) in [4.78, 5) is 28.2. The number of anilines is 1. The maximum absolute atomic E-state index is 12.6. The van der Waals surface area contributed by atoms with Crippen LogP contribution in [0.3, 0.4) is 0 Å². The van der Waals surface area contributed by atoms with Crippen molar-refractivity contribution in [2.45, 2.75) is 46.2 Å². The van der Waals surface area contributed by atoms with E-state index >= 15 is 0 Å². The summed E-state index contributed by atoms with van der Waals surface area (Å²) in [5.41, 5.74) is 8.47. The molecule has 4 aromatic rings. The van der Waals surface area contributed by atoms with Crippen LogP contribution in [0.1, 0.15) is 44.2 Å². The molecule has 3 aromatic heterocycles. The third-order valence-electron chi connectivity index (χ3n) is 5.40. The number of H-pyrrole nitrogens is 1. The topological polar surface area (TPSA) is 133 Å². The molecule has 10 nitrogen and oxygen atoms in total. The van der Waals surface area contributed by atoms with Gasteiger partial charge in [0.2, 0.25) is 5.88 Å². The molecule has 0 amide bonds. The molecule has 184 valence electrons. The Morgan fingerprint density at radius 1 is 1.06 bits per heavy atom. The first-order chi connectivity index (χ1) is 17.1. The van der Waals surface area contributed by atoms with E-state index in [1.807, 2.05) is 30.3 Å². The van der Waals surface area contributed by atoms with Crippen LogP contribution in [0.15, 0.2) is 47.4 Å². The Kier molecular flexibility index (Phi) is 7.94. The van der Waals surface area contributed by atoms with Crippen molar-refractivity contribution >= 4 is 17.0 Å². The maximum atomic E-state index is 12.6. The first-order valence-corrected chi connectivity index (χ1v) is 11.9. The van der Waals surface area contributed by atoms with E-state index in [4.69, 9.17) is 15.2 Å². The lowest BCUT2D eigenvalue weighted by Gasteiger charge is -2.08. The van der Waals surface area contributed by atoms with Crippen LogP contribution in [-0.4, -0.2) is 37.7 Å². The van der Waals surface area contributed by atoms with E-state index in [0.29, 0.717) is 29.4 Å². The van der Waals surface area contributed by atoms with Crippen LogP contribution in [0.2, 0.25) is 0 Å². The predicted molar refractivity (Wildman–Crippen MR) is 135 cm³/mol. The molecule has 0 aliphatic heterocycles. The SMILES string of the molecule is CCCCOc1nc(N)c2[nH]c(=O)n(Cc3ccc(Oc4ccc(CNCCC)cc4)nc3)c2n1. The van der Waals surface area contributed by atoms with E-state index in [-0.39, 0.29) is 24.1 Å². The summed E-state index contributed by atoms with van der Waals surface area (Å²) in [5.74, 6) is 1.35. The summed E-state index contributed by atoms with van der Waals surface area (Å²) >= 11 is 0. The van der Waals surface area contributed by atoms with Crippen LogP contribution < -0.4 is 26.2 Å². The number of hydrogen-bond acceptors (Lipinski definition) is 8. The number of nitrogens with two attached hydrogens (primary N) is 1. The molecule has 0 radical (unpaired) electrons.